The average molecular weight is 389 g/mol. The van der Waals surface area contributed by atoms with Crippen molar-refractivity contribution in [2.75, 3.05) is 29.6 Å². The molecular weight excluding hydrogens is 366 g/mol. The zero-order valence-electron chi connectivity index (χ0n) is 16.4. The Bertz CT molecular complexity index is 1000. The highest BCUT2D eigenvalue weighted by molar-refractivity contribution is 6.05. The molecule has 6 heteroatoms. The fraction of sp³-hybridized carbons (Fsp3) is 0.130. The summed E-state index contributed by atoms with van der Waals surface area (Å²) in [5.41, 5.74) is 3.71. The lowest BCUT2D eigenvalue weighted by Gasteiger charge is -2.11. The SMILES string of the molecule is COc1ccccc1NC(=O)c1ccc(NC(=O)CNc2cccc(C)c2)cc1. The van der Waals surface area contributed by atoms with Crippen LogP contribution in [0.2, 0.25) is 0 Å². The lowest BCUT2D eigenvalue weighted by molar-refractivity contribution is -0.114. The highest BCUT2D eigenvalue weighted by atomic mass is 16.5. The zero-order valence-corrected chi connectivity index (χ0v) is 16.4. The predicted octanol–water partition coefficient (Wildman–Crippen LogP) is 4.31. The summed E-state index contributed by atoms with van der Waals surface area (Å²) >= 11 is 0. The number of ether oxygens (including phenoxy) is 1. The number of carbonyl (C=O) groups is 2. The van der Waals surface area contributed by atoms with Crippen molar-refractivity contribution in [2.24, 2.45) is 0 Å². The molecule has 0 aliphatic rings. The van der Waals surface area contributed by atoms with Gasteiger partial charge in [0.2, 0.25) is 5.91 Å². The second kappa shape index (κ2) is 9.41. The molecule has 0 aromatic heterocycles. The number of carbonyl (C=O) groups excluding carboxylic acids is 2. The van der Waals surface area contributed by atoms with Crippen LogP contribution in [0.15, 0.2) is 72.8 Å². The van der Waals surface area contributed by atoms with E-state index < -0.39 is 0 Å². The van der Waals surface area contributed by atoms with E-state index in [1.54, 1.807) is 43.5 Å². The summed E-state index contributed by atoms with van der Waals surface area (Å²) in [6.07, 6.45) is 0. The van der Waals surface area contributed by atoms with Crippen molar-refractivity contribution in [3.8, 4) is 5.75 Å². The topological polar surface area (TPSA) is 79.5 Å². The summed E-state index contributed by atoms with van der Waals surface area (Å²) < 4.78 is 5.24. The number of amides is 2. The van der Waals surface area contributed by atoms with Crippen LogP contribution < -0.4 is 20.7 Å². The van der Waals surface area contributed by atoms with Crippen molar-refractivity contribution in [3.63, 3.8) is 0 Å². The van der Waals surface area contributed by atoms with Crippen LogP contribution in [0.3, 0.4) is 0 Å². The van der Waals surface area contributed by atoms with Crippen molar-refractivity contribution in [1.29, 1.82) is 0 Å². The Labute approximate surface area is 169 Å². The second-order valence-corrected chi connectivity index (χ2v) is 6.50. The molecule has 0 saturated carbocycles. The van der Waals surface area contributed by atoms with Gasteiger partial charge >= 0.3 is 0 Å². The van der Waals surface area contributed by atoms with Crippen LogP contribution in [0, 0.1) is 6.92 Å². The quantitative estimate of drug-likeness (QED) is 0.563. The molecule has 0 radical (unpaired) electrons. The summed E-state index contributed by atoms with van der Waals surface area (Å²) in [6, 6.07) is 21.7. The lowest BCUT2D eigenvalue weighted by Crippen LogP contribution is -2.21. The van der Waals surface area contributed by atoms with E-state index in [1.807, 2.05) is 43.3 Å². The number of anilines is 3. The number of aryl methyl sites for hydroxylation is 1. The van der Waals surface area contributed by atoms with Crippen LogP contribution in [0.25, 0.3) is 0 Å². The highest BCUT2D eigenvalue weighted by Crippen LogP contribution is 2.23. The molecule has 0 saturated heterocycles. The number of hydrogen-bond donors (Lipinski definition) is 3. The molecule has 0 heterocycles. The van der Waals surface area contributed by atoms with E-state index in [9.17, 15) is 9.59 Å². The van der Waals surface area contributed by atoms with Crippen LogP contribution in [-0.4, -0.2) is 25.5 Å². The number of nitrogens with one attached hydrogen (secondary N) is 3. The van der Waals surface area contributed by atoms with Gasteiger partial charge in [0.25, 0.3) is 5.91 Å². The Morgan fingerprint density at radius 1 is 0.862 bits per heavy atom. The molecule has 0 aliphatic carbocycles. The van der Waals surface area contributed by atoms with Gasteiger partial charge in [0, 0.05) is 16.9 Å². The minimum absolute atomic E-state index is 0.152. The van der Waals surface area contributed by atoms with Gasteiger partial charge in [0.15, 0.2) is 0 Å². The third-order valence-corrected chi connectivity index (χ3v) is 4.26. The van der Waals surface area contributed by atoms with Crippen LogP contribution >= 0.6 is 0 Å². The summed E-state index contributed by atoms with van der Waals surface area (Å²) in [5, 5.41) is 8.71. The Hall–Kier alpha value is -3.80. The van der Waals surface area contributed by atoms with Crippen LogP contribution in [0.1, 0.15) is 15.9 Å². The first kappa shape index (κ1) is 19.9. The zero-order chi connectivity index (χ0) is 20.6. The smallest absolute Gasteiger partial charge is 0.255 e. The standard InChI is InChI=1S/C23H23N3O3/c1-16-6-5-7-19(14-16)24-15-22(27)25-18-12-10-17(11-13-18)23(28)26-20-8-3-4-9-21(20)29-2/h3-14,24H,15H2,1-2H3,(H,25,27)(H,26,28). The lowest BCUT2D eigenvalue weighted by atomic mass is 10.2. The number of benzene rings is 3. The van der Waals surface area contributed by atoms with Gasteiger partial charge in [-0.2, -0.15) is 0 Å². The van der Waals surface area contributed by atoms with E-state index in [4.69, 9.17) is 4.74 Å². The second-order valence-electron chi connectivity index (χ2n) is 6.50. The van der Waals surface area contributed by atoms with Gasteiger partial charge in [0.1, 0.15) is 5.75 Å². The van der Waals surface area contributed by atoms with Gasteiger partial charge in [-0.25, -0.2) is 0 Å². The molecule has 0 fully saturated rings. The molecule has 3 aromatic carbocycles. The van der Waals surface area contributed by atoms with Crippen molar-refractivity contribution < 1.29 is 14.3 Å². The predicted molar refractivity (Wildman–Crippen MR) is 116 cm³/mol. The summed E-state index contributed by atoms with van der Waals surface area (Å²) in [4.78, 5) is 24.6. The van der Waals surface area contributed by atoms with Crippen LogP contribution in [0.4, 0.5) is 17.1 Å². The van der Waals surface area contributed by atoms with E-state index in [0.717, 1.165) is 11.3 Å². The Morgan fingerprint density at radius 2 is 1.62 bits per heavy atom. The van der Waals surface area contributed by atoms with Crippen molar-refractivity contribution in [1.82, 2.24) is 0 Å². The summed E-state index contributed by atoms with van der Waals surface area (Å²) in [6.45, 7) is 2.15. The number of para-hydroxylation sites is 2. The van der Waals surface area contributed by atoms with E-state index in [-0.39, 0.29) is 18.4 Å². The maximum Gasteiger partial charge on any atom is 0.255 e. The van der Waals surface area contributed by atoms with Crippen molar-refractivity contribution in [3.05, 3.63) is 83.9 Å². The molecule has 0 bridgehead atoms. The number of rotatable bonds is 7. The molecule has 0 aliphatic heterocycles. The molecule has 29 heavy (non-hydrogen) atoms. The fourth-order valence-corrected chi connectivity index (χ4v) is 2.79. The molecule has 148 valence electrons. The van der Waals surface area contributed by atoms with Crippen molar-refractivity contribution >= 4 is 28.9 Å². The maximum absolute atomic E-state index is 12.4. The first-order chi connectivity index (χ1) is 14.0. The molecule has 3 N–H and O–H groups in total. The first-order valence-electron chi connectivity index (χ1n) is 9.20. The third-order valence-electron chi connectivity index (χ3n) is 4.26. The minimum Gasteiger partial charge on any atom is -0.495 e. The molecule has 0 unspecified atom stereocenters. The Kier molecular flexibility index (Phi) is 6.47. The summed E-state index contributed by atoms with van der Waals surface area (Å²) in [7, 11) is 1.55. The van der Waals surface area contributed by atoms with Gasteiger partial charge < -0.3 is 20.7 Å². The fourth-order valence-electron chi connectivity index (χ4n) is 2.79. The Balaban J connectivity index is 1.55. The highest BCUT2D eigenvalue weighted by Gasteiger charge is 2.10. The van der Waals surface area contributed by atoms with Gasteiger partial charge in [-0.3, -0.25) is 9.59 Å². The van der Waals surface area contributed by atoms with Crippen molar-refractivity contribution in [2.45, 2.75) is 6.92 Å². The summed E-state index contributed by atoms with van der Waals surface area (Å²) in [5.74, 6) is 0.164. The van der Waals surface area contributed by atoms with Crippen LogP contribution in [-0.2, 0) is 4.79 Å². The molecular formula is C23H23N3O3. The first-order valence-corrected chi connectivity index (χ1v) is 9.20. The molecule has 0 spiro atoms. The molecule has 2 amide bonds. The molecule has 0 atom stereocenters. The Morgan fingerprint density at radius 3 is 2.34 bits per heavy atom. The normalized spacial score (nSPS) is 10.1. The van der Waals surface area contributed by atoms with Gasteiger partial charge in [-0.05, 0) is 61.0 Å². The van der Waals surface area contributed by atoms with Gasteiger partial charge in [-0.15, -0.1) is 0 Å². The van der Waals surface area contributed by atoms with E-state index >= 15 is 0 Å². The molecule has 6 nitrogen and oxygen atoms in total. The number of hydrogen-bond acceptors (Lipinski definition) is 4. The van der Waals surface area contributed by atoms with E-state index in [2.05, 4.69) is 16.0 Å². The third kappa shape index (κ3) is 5.59. The van der Waals surface area contributed by atoms with Crippen LogP contribution in [0.5, 0.6) is 5.75 Å². The van der Waals surface area contributed by atoms with Gasteiger partial charge in [0.05, 0.1) is 19.3 Å². The molecule has 3 aromatic rings. The van der Waals surface area contributed by atoms with E-state index in [0.29, 0.717) is 22.7 Å². The monoisotopic (exact) mass is 389 g/mol. The number of methoxy groups -OCH3 is 1. The minimum atomic E-state index is -0.256. The van der Waals surface area contributed by atoms with Gasteiger partial charge in [-0.1, -0.05) is 24.3 Å². The largest absolute Gasteiger partial charge is 0.495 e. The molecule has 3 rings (SSSR count). The maximum atomic E-state index is 12.4. The van der Waals surface area contributed by atoms with E-state index in [1.165, 1.54) is 0 Å². The average Bonchev–Trinajstić information content (AvgIpc) is 2.73.